The van der Waals surface area contributed by atoms with Gasteiger partial charge in [0.2, 0.25) is 0 Å². The minimum absolute atomic E-state index is 0.160. The van der Waals surface area contributed by atoms with Crippen LogP contribution in [0.1, 0.15) is 19.4 Å². The van der Waals surface area contributed by atoms with Gasteiger partial charge in [-0.1, -0.05) is 30.3 Å². The number of quaternary nitrogens is 1. The van der Waals surface area contributed by atoms with Gasteiger partial charge in [-0.15, -0.1) is 0 Å². The third kappa shape index (κ3) is 3.61. The van der Waals surface area contributed by atoms with Crippen molar-refractivity contribution in [2.24, 2.45) is 0 Å². The van der Waals surface area contributed by atoms with E-state index in [1.807, 2.05) is 36.4 Å². The molecule has 5 nitrogen and oxygen atoms in total. The Kier molecular flexibility index (Phi) is 4.72. The van der Waals surface area contributed by atoms with E-state index in [-0.39, 0.29) is 18.0 Å². The fraction of sp³-hybridized carbons (Fsp3) is 0.318. The highest BCUT2D eigenvalue weighted by molar-refractivity contribution is 5.95. The fourth-order valence-corrected chi connectivity index (χ4v) is 4.08. The van der Waals surface area contributed by atoms with Crippen LogP contribution in [-0.4, -0.2) is 30.4 Å². The van der Waals surface area contributed by atoms with Crippen LogP contribution >= 0.6 is 0 Å². The van der Waals surface area contributed by atoms with Crippen molar-refractivity contribution < 1.29 is 19.2 Å². The van der Waals surface area contributed by atoms with Crippen molar-refractivity contribution in [2.45, 2.75) is 32.6 Å². The number of ether oxygens (including phenoxy) is 1. The molecule has 1 saturated heterocycles. The standard InChI is InChI=1S/C22H23NO4/c1-14-11-23(12-15(2)26-14)13-19-20(24)9-8-17-18(10-21(25)27-22(17)19)16-6-4-3-5-7-16/h3-10,14-15,24H,11-13H2,1-2H3/p+1. The van der Waals surface area contributed by atoms with Crippen molar-refractivity contribution in [3.8, 4) is 16.9 Å². The molecule has 4 rings (SSSR count). The molecule has 2 aromatic carbocycles. The van der Waals surface area contributed by atoms with Crippen molar-refractivity contribution in [1.29, 1.82) is 0 Å². The number of hydrogen-bond acceptors (Lipinski definition) is 4. The molecule has 27 heavy (non-hydrogen) atoms. The van der Waals surface area contributed by atoms with Crippen LogP contribution in [0.15, 0.2) is 57.7 Å². The first-order valence-electron chi connectivity index (χ1n) is 9.34. The van der Waals surface area contributed by atoms with Crippen LogP contribution in [0.5, 0.6) is 5.75 Å². The summed E-state index contributed by atoms with van der Waals surface area (Å²) in [6.07, 6.45) is 0.320. The summed E-state index contributed by atoms with van der Waals surface area (Å²) in [6.45, 7) is 6.41. The molecule has 140 valence electrons. The van der Waals surface area contributed by atoms with Crippen molar-refractivity contribution in [3.05, 3.63) is 64.5 Å². The lowest BCUT2D eigenvalue weighted by Crippen LogP contribution is -3.14. The van der Waals surface area contributed by atoms with Crippen LogP contribution in [-0.2, 0) is 11.3 Å². The highest BCUT2D eigenvalue weighted by Gasteiger charge is 2.27. The minimum atomic E-state index is -0.410. The molecular weight excluding hydrogens is 342 g/mol. The van der Waals surface area contributed by atoms with Crippen LogP contribution in [0.25, 0.3) is 22.1 Å². The Morgan fingerprint density at radius 2 is 1.78 bits per heavy atom. The molecule has 0 aliphatic carbocycles. The summed E-state index contributed by atoms with van der Waals surface area (Å²) in [5, 5.41) is 11.4. The lowest BCUT2D eigenvalue weighted by Gasteiger charge is -2.32. The van der Waals surface area contributed by atoms with E-state index >= 15 is 0 Å². The molecule has 2 atom stereocenters. The molecule has 2 unspecified atom stereocenters. The van der Waals surface area contributed by atoms with Gasteiger partial charge < -0.3 is 19.2 Å². The molecule has 1 fully saturated rings. The summed E-state index contributed by atoms with van der Waals surface area (Å²) in [7, 11) is 0. The minimum Gasteiger partial charge on any atom is -0.507 e. The summed E-state index contributed by atoms with van der Waals surface area (Å²) in [6, 6.07) is 14.8. The zero-order chi connectivity index (χ0) is 19.0. The Bertz CT molecular complexity index is 1000. The van der Waals surface area contributed by atoms with Gasteiger partial charge in [-0.25, -0.2) is 4.79 Å². The molecule has 0 saturated carbocycles. The average molecular weight is 366 g/mol. The molecule has 0 amide bonds. The summed E-state index contributed by atoms with van der Waals surface area (Å²) in [5.74, 6) is 0.162. The predicted molar refractivity (Wildman–Crippen MR) is 104 cm³/mol. The molecule has 2 heterocycles. The third-order valence-electron chi connectivity index (χ3n) is 5.12. The molecule has 0 spiro atoms. The summed E-state index contributed by atoms with van der Waals surface area (Å²) in [5.41, 5.74) is 2.51. The summed E-state index contributed by atoms with van der Waals surface area (Å²) in [4.78, 5) is 13.6. The molecular formula is C22H24NO4+. The van der Waals surface area contributed by atoms with E-state index in [2.05, 4.69) is 13.8 Å². The smallest absolute Gasteiger partial charge is 0.336 e. The van der Waals surface area contributed by atoms with Gasteiger partial charge in [0.1, 0.15) is 37.6 Å². The largest absolute Gasteiger partial charge is 0.507 e. The molecule has 2 N–H and O–H groups in total. The average Bonchev–Trinajstić information content (AvgIpc) is 2.63. The molecule has 0 bridgehead atoms. The number of aromatic hydroxyl groups is 1. The van der Waals surface area contributed by atoms with Crippen molar-refractivity contribution in [3.63, 3.8) is 0 Å². The number of rotatable bonds is 3. The van der Waals surface area contributed by atoms with E-state index in [1.54, 1.807) is 6.07 Å². The Morgan fingerprint density at radius 3 is 2.48 bits per heavy atom. The predicted octanol–water partition coefficient (Wildman–Crippen LogP) is 2.36. The van der Waals surface area contributed by atoms with E-state index in [0.29, 0.717) is 17.7 Å². The quantitative estimate of drug-likeness (QED) is 0.699. The SMILES string of the molecule is CC1C[NH+](Cc2c(O)ccc3c(-c4ccccc4)cc(=O)oc23)CC(C)O1. The van der Waals surface area contributed by atoms with Gasteiger partial charge in [-0.05, 0) is 37.1 Å². The number of morpholine rings is 1. The van der Waals surface area contributed by atoms with E-state index in [9.17, 15) is 9.90 Å². The third-order valence-corrected chi connectivity index (χ3v) is 5.12. The van der Waals surface area contributed by atoms with E-state index in [4.69, 9.17) is 9.15 Å². The highest BCUT2D eigenvalue weighted by Crippen LogP contribution is 2.32. The topological polar surface area (TPSA) is 64.1 Å². The van der Waals surface area contributed by atoms with Gasteiger partial charge in [-0.3, -0.25) is 0 Å². The Balaban J connectivity index is 1.83. The number of nitrogens with one attached hydrogen (secondary N) is 1. The Hall–Kier alpha value is -2.63. The van der Waals surface area contributed by atoms with Crippen LogP contribution < -0.4 is 10.5 Å². The zero-order valence-corrected chi connectivity index (χ0v) is 15.6. The monoisotopic (exact) mass is 366 g/mol. The Labute approximate surface area is 157 Å². The second-order valence-corrected chi connectivity index (χ2v) is 7.38. The van der Waals surface area contributed by atoms with Gasteiger partial charge >= 0.3 is 5.63 Å². The van der Waals surface area contributed by atoms with Crippen molar-refractivity contribution >= 4 is 11.0 Å². The van der Waals surface area contributed by atoms with Crippen molar-refractivity contribution in [1.82, 2.24) is 0 Å². The lowest BCUT2D eigenvalue weighted by molar-refractivity contribution is -0.928. The number of hydrogen-bond donors (Lipinski definition) is 2. The van der Waals surface area contributed by atoms with Gasteiger partial charge in [0.15, 0.2) is 5.58 Å². The molecule has 5 heteroatoms. The number of benzene rings is 2. The van der Waals surface area contributed by atoms with Crippen LogP contribution in [0.2, 0.25) is 0 Å². The van der Waals surface area contributed by atoms with E-state index in [1.165, 1.54) is 11.0 Å². The number of fused-ring (bicyclic) bond motifs is 1. The lowest BCUT2D eigenvalue weighted by atomic mass is 9.99. The molecule has 3 aromatic rings. The second kappa shape index (κ2) is 7.18. The van der Waals surface area contributed by atoms with Crippen LogP contribution in [0.4, 0.5) is 0 Å². The summed E-state index contributed by atoms with van der Waals surface area (Å²) >= 11 is 0. The highest BCUT2D eigenvalue weighted by atomic mass is 16.5. The van der Waals surface area contributed by atoms with Gasteiger partial charge in [0, 0.05) is 11.5 Å². The van der Waals surface area contributed by atoms with Gasteiger partial charge in [-0.2, -0.15) is 0 Å². The first kappa shape index (κ1) is 17.8. The van der Waals surface area contributed by atoms with Crippen LogP contribution in [0.3, 0.4) is 0 Å². The molecule has 1 aliphatic rings. The maximum absolute atomic E-state index is 12.3. The second-order valence-electron chi connectivity index (χ2n) is 7.38. The maximum atomic E-state index is 12.3. The maximum Gasteiger partial charge on any atom is 0.336 e. The fourth-order valence-electron chi connectivity index (χ4n) is 4.08. The molecule has 1 aliphatic heterocycles. The normalized spacial score (nSPS) is 22.8. The van der Waals surface area contributed by atoms with E-state index < -0.39 is 5.63 Å². The number of phenolic OH excluding ortho intramolecular Hbond substituents is 1. The number of phenols is 1. The first-order valence-corrected chi connectivity index (χ1v) is 9.34. The van der Waals surface area contributed by atoms with E-state index in [0.717, 1.165) is 29.6 Å². The van der Waals surface area contributed by atoms with Crippen molar-refractivity contribution in [2.75, 3.05) is 13.1 Å². The first-order chi connectivity index (χ1) is 13.0. The molecule has 1 aromatic heterocycles. The van der Waals surface area contributed by atoms with Gasteiger partial charge in [0.25, 0.3) is 0 Å². The molecule has 0 radical (unpaired) electrons. The zero-order valence-electron chi connectivity index (χ0n) is 15.6. The van der Waals surface area contributed by atoms with Crippen LogP contribution in [0, 0.1) is 0 Å². The van der Waals surface area contributed by atoms with Gasteiger partial charge in [0.05, 0.1) is 5.56 Å². The summed E-state index contributed by atoms with van der Waals surface area (Å²) < 4.78 is 11.4. The Morgan fingerprint density at radius 1 is 1.07 bits per heavy atom.